The lowest BCUT2D eigenvalue weighted by Crippen LogP contribution is -2.13. The molecular weight excluding hydrogens is 156 g/mol. The Balaban J connectivity index is 1.86. The first-order valence-electron chi connectivity index (χ1n) is 5.85. The average molecular weight is 172 g/mol. The maximum absolute atomic E-state index is 2.49. The third-order valence-corrected chi connectivity index (χ3v) is 4.77. The molecule has 0 radical (unpaired) electrons. The van der Waals surface area contributed by atoms with Gasteiger partial charge in [-0.05, 0) is 49.4 Å². The van der Waals surface area contributed by atoms with Crippen molar-refractivity contribution in [3.05, 3.63) is 23.3 Å². The molecule has 4 bridgehead atoms. The zero-order chi connectivity index (χ0) is 8.41. The minimum absolute atomic E-state index is 0.896. The Bertz CT molecular complexity index is 293. The Kier molecular flexibility index (Phi) is 1.11. The van der Waals surface area contributed by atoms with E-state index >= 15 is 0 Å². The minimum Gasteiger partial charge on any atom is -0.0807 e. The lowest BCUT2D eigenvalue weighted by atomic mass is 9.80. The van der Waals surface area contributed by atoms with Crippen LogP contribution in [0.2, 0.25) is 0 Å². The molecule has 13 heavy (non-hydrogen) atoms. The van der Waals surface area contributed by atoms with E-state index in [1.807, 2.05) is 11.1 Å². The maximum Gasteiger partial charge on any atom is -0.000860 e. The quantitative estimate of drug-likeness (QED) is 0.388. The van der Waals surface area contributed by atoms with Gasteiger partial charge in [0, 0.05) is 0 Å². The summed E-state index contributed by atoms with van der Waals surface area (Å²) in [5.74, 6) is 3.84. The van der Waals surface area contributed by atoms with Crippen molar-refractivity contribution in [3.8, 4) is 0 Å². The monoisotopic (exact) mass is 172 g/mol. The summed E-state index contributed by atoms with van der Waals surface area (Å²) < 4.78 is 0. The normalized spacial score (nSPS) is 50.5. The highest BCUT2D eigenvalue weighted by atomic mass is 14.5. The van der Waals surface area contributed by atoms with E-state index in [0.717, 1.165) is 23.7 Å². The van der Waals surface area contributed by atoms with Gasteiger partial charge in [0.2, 0.25) is 0 Å². The largest absolute Gasteiger partial charge is 0.0807 e. The van der Waals surface area contributed by atoms with Gasteiger partial charge in [-0.15, -0.1) is 0 Å². The van der Waals surface area contributed by atoms with E-state index in [4.69, 9.17) is 0 Å². The van der Waals surface area contributed by atoms with Crippen LogP contribution >= 0.6 is 0 Å². The summed E-state index contributed by atoms with van der Waals surface area (Å²) in [4.78, 5) is 0. The Labute approximate surface area is 79.7 Å². The topological polar surface area (TPSA) is 0 Å². The van der Waals surface area contributed by atoms with Crippen molar-refractivity contribution in [2.45, 2.75) is 32.1 Å². The fourth-order valence-corrected chi connectivity index (χ4v) is 4.42. The highest BCUT2D eigenvalue weighted by molar-refractivity contribution is 5.44. The lowest BCUT2D eigenvalue weighted by Gasteiger charge is -2.24. The van der Waals surface area contributed by atoms with Gasteiger partial charge < -0.3 is 0 Å². The predicted molar refractivity (Wildman–Crippen MR) is 53.2 cm³/mol. The fraction of sp³-hybridized carbons (Fsp3) is 0.692. The van der Waals surface area contributed by atoms with Crippen LogP contribution in [0.4, 0.5) is 0 Å². The highest BCUT2D eigenvalue weighted by Crippen LogP contribution is 2.59. The van der Waals surface area contributed by atoms with Crippen molar-refractivity contribution in [2.24, 2.45) is 23.7 Å². The van der Waals surface area contributed by atoms with Crippen molar-refractivity contribution >= 4 is 0 Å². The van der Waals surface area contributed by atoms with Crippen LogP contribution in [-0.2, 0) is 0 Å². The van der Waals surface area contributed by atoms with E-state index in [2.05, 4.69) is 12.2 Å². The van der Waals surface area contributed by atoms with Crippen molar-refractivity contribution in [1.29, 1.82) is 0 Å². The van der Waals surface area contributed by atoms with E-state index in [-0.39, 0.29) is 0 Å². The van der Waals surface area contributed by atoms with Gasteiger partial charge >= 0.3 is 0 Å². The van der Waals surface area contributed by atoms with Gasteiger partial charge in [-0.1, -0.05) is 29.7 Å². The standard InChI is InChI=1S/C13H16/c1-2-8-6-9(3-1)13-11-5-4-10(7-11)12(8)13/h4-5,8-11H,1-3,6-7H2. The van der Waals surface area contributed by atoms with E-state index in [1.165, 1.54) is 32.1 Å². The third-order valence-electron chi connectivity index (χ3n) is 4.77. The molecule has 0 aromatic carbocycles. The van der Waals surface area contributed by atoms with Gasteiger partial charge in [-0.3, -0.25) is 0 Å². The predicted octanol–water partition coefficient (Wildman–Crippen LogP) is 3.31. The zero-order valence-electron chi connectivity index (χ0n) is 8.00. The molecule has 1 saturated carbocycles. The number of hydrogen-bond acceptors (Lipinski definition) is 0. The summed E-state index contributed by atoms with van der Waals surface area (Å²) in [5, 5.41) is 0. The second-order valence-corrected chi connectivity index (χ2v) is 5.30. The number of fused-ring (bicyclic) bond motifs is 8. The number of hydrogen-bond donors (Lipinski definition) is 0. The molecule has 4 atom stereocenters. The van der Waals surface area contributed by atoms with E-state index in [9.17, 15) is 0 Å². The van der Waals surface area contributed by atoms with Crippen molar-refractivity contribution in [2.75, 3.05) is 0 Å². The van der Waals surface area contributed by atoms with Gasteiger partial charge in [0.05, 0.1) is 0 Å². The molecule has 0 amide bonds. The van der Waals surface area contributed by atoms with Crippen LogP contribution in [0, 0.1) is 23.7 Å². The van der Waals surface area contributed by atoms with Gasteiger partial charge in [-0.25, -0.2) is 0 Å². The first-order valence-corrected chi connectivity index (χ1v) is 5.85. The third kappa shape index (κ3) is 0.697. The molecule has 0 nitrogen and oxygen atoms in total. The molecule has 0 N–H and O–H groups in total. The SMILES string of the molecule is C1=CC2CC1C1=C2C2CCCC1C2. The number of rotatable bonds is 0. The first kappa shape index (κ1) is 6.86. The zero-order valence-corrected chi connectivity index (χ0v) is 8.00. The fourth-order valence-electron chi connectivity index (χ4n) is 4.42. The summed E-state index contributed by atoms with van der Waals surface area (Å²) >= 11 is 0. The van der Waals surface area contributed by atoms with Gasteiger partial charge in [0.25, 0.3) is 0 Å². The summed E-state index contributed by atoms with van der Waals surface area (Å²) in [6.45, 7) is 0. The Morgan fingerprint density at radius 2 is 1.46 bits per heavy atom. The summed E-state index contributed by atoms with van der Waals surface area (Å²) in [7, 11) is 0. The van der Waals surface area contributed by atoms with Crippen LogP contribution in [0.5, 0.6) is 0 Å². The molecule has 68 valence electrons. The first-order chi connectivity index (χ1) is 6.43. The van der Waals surface area contributed by atoms with E-state index in [0.29, 0.717) is 0 Å². The Morgan fingerprint density at radius 1 is 0.846 bits per heavy atom. The second-order valence-electron chi connectivity index (χ2n) is 5.30. The molecule has 0 saturated heterocycles. The maximum atomic E-state index is 2.49. The van der Waals surface area contributed by atoms with Crippen molar-refractivity contribution in [1.82, 2.24) is 0 Å². The summed E-state index contributed by atoms with van der Waals surface area (Å²) in [6.07, 6.45) is 12.5. The van der Waals surface area contributed by atoms with Crippen LogP contribution in [-0.4, -0.2) is 0 Å². The average Bonchev–Trinajstić information content (AvgIpc) is 2.80. The Morgan fingerprint density at radius 3 is 2.08 bits per heavy atom. The van der Waals surface area contributed by atoms with Crippen molar-refractivity contribution in [3.63, 3.8) is 0 Å². The molecule has 0 heteroatoms. The van der Waals surface area contributed by atoms with Gasteiger partial charge in [-0.2, -0.15) is 0 Å². The molecule has 4 rings (SSSR count). The lowest BCUT2D eigenvalue weighted by molar-refractivity contribution is 0.342. The molecule has 0 aromatic rings. The highest BCUT2D eigenvalue weighted by Gasteiger charge is 2.47. The molecule has 4 aliphatic carbocycles. The van der Waals surface area contributed by atoms with Crippen LogP contribution in [0.25, 0.3) is 0 Å². The molecule has 4 aliphatic rings. The number of allylic oxidation sites excluding steroid dienone is 4. The molecule has 0 heterocycles. The summed E-state index contributed by atoms with van der Waals surface area (Å²) in [6, 6.07) is 0. The van der Waals surface area contributed by atoms with Crippen LogP contribution < -0.4 is 0 Å². The molecule has 4 unspecified atom stereocenters. The molecule has 1 fully saturated rings. The smallest absolute Gasteiger partial charge is 0.000860 e. The van der Waals surface area contributed by atoms with Crippen LogP contribution in [0.1, 0.15) is 32.1 Å². The van der Waals surface area contributed by atoms with Gasteiger partial charge in [0.15, 0.2) is 0 Å². The molecule has 0 aliphatic heterocycles. The minimum atomic E-state index is 0.896. The molecule has 0 aromatic heterocycles. The van der Waals surface area contributed by atoms with Crippen molar-refractivity contribution < 1.29 is 0 Å². The van der Waals surface area contributed by atoms with E-state index in [1.54, 1.807) is 0 Å². The van der Waals surface area contributed by atoms with Gasteiger partial charge in [0.1, 0.15) is 0 Å². The van der Waals surface area contributed by atoms with E-state index < -0.39 is 0 Å². The van der Waals surface area contributed by atoms with Crippen LogP contribution in [0.3, 0.4) is 0 Å². The van der Waals surface area contributed by atoms with Crippen LogP contribution in [0.15, 0.2) is 23.3 Å². The summed E-state index contributed by atoms with van der Waals surface area (Å²) in [5.41, 5.74) is 3.85. The Hall–Kier alpha value is -0.520. The second kappa shape index (κ2) is 2.10. The molecular formula is C13H16. The molecule has 0 spiro atoms.